The average Bonchev–Trinajstić information content (AvgIpc) is 2.54. The van der Waals surface area contributed by atoms with Gasteiger partial charge in [-0.2, -0.15) is 0 Å². The number of piperidine rings is 1. The number of hydrogen-bond donors (Lipinski definition) is 2. The zero-order valence-electron chi connectivity index (χ0n) is 15.1. The zero-order valence-corrected chi connectivity index (χ0v) is 15.1. The number of guanidine groups is 1. The Morgan fingerprint density at radius 2 is 1.91 bits per heavy atom. The fourth-order valence-electron chi connectivity index (χ4n) is 3.04. The standard InChI is InChI=1S/C19H32N4/c1-15(2)22-19(20-4)21-13-17-8-10-18(11-9-17)14-23-12-6-5-7-16(23)3/h8-11,15-16H,5-7,12-14H2,1-4H3,(H2,20,21,22). The van der Waals surface area contributed by atoms with Crippen molar-refractivity contribution in [2.75, 3.05) is 13.6 Å². The van der Waals surface area contributed by atoms with Gasteiger partial charge in [-0.25, -0.2) is 0 Å². The molecule has 0 saturated carbocycles. The van der Waals surface area contributed by atoms with Crippen LogP contribution in [-0.4, -0.2) is 36.5 Å². The van der Waals surface area contributed by atoms with E-state index in [0.717, 1.165) is 25.1 Å². The molecule has 1 aromatic carbocycles. The van der Waals surface area contributed by atoms with Gasteiger partial charge in [0.15, 0.2) is 5.96 Å². The van der Waals surface area contributed by atoms with E-state index in [4.69, 9.17) is 0 Å². The van der Waals surface area contributed by atoms with Gasteiger partial charge in [-0.15, -0.1) is 0 Å². The van der Waals surface area contributed by atoms with Crippen LogP contribution >= 0.6 is 0 Å². The maximum absolute atomic E-state index is 4.23. The summed E-state index contributed by atoms with van der Waals surface area (Å²) in [4.78, 5) is 6.84. The molecule has 128 valence electrons. The lowest BCUT2D eigenvalue weighted by Gasteiger charge is -2.33. The van der Waals surface area contributed by atoms with Crippen molar-refractivity contribution < 1.29 is 0 Å². The summed E-state index contributed by atoms with van der Waals surface area (Å²) in [6.07, 6.45) is 4.06. The number of nitrogens with one attached hydrogen (secondary N) is 2. The molecule has 0 radical (unpaired) electrons. The van der Waals surface area contributed by atoms with E-state index in [-0.39, 0.29) is 0 Å². The molecule has 2 rings (SSSR count). The van der Waals surface area contributed by atoms with Crippen molar-refractivity contribution in [3.63, 3.8) is 0 Å². The fraction of sp³-hybridized carbons (Fsp3) is 0.632. The normalized spacial score (nSPS) is 19.9. The van der Waals surface area contributed by atoms with Crippen LogP contribution in [0.2, 0.25) is 0 Å². The van der Waals surface area contributed by atoms with E-state index in [1.165, 1.54) is 36.9 Å². The molecular formula is C19H32N4. The highest BCUT2D eigenvalue weighted by atomic mass is 15.2. The lowest BCUT2D eigenvalue weighted by atomic mass is 10.0. The molecule has 1 heterocycles. The van der Waals surface area contributed by atoms with E-state index in [1.54, 1.807) is 7.05 Å². The summed E-state index contributed by atoms with van der Waals surface area (Å²) < 4.78 is 0. The molecule has 0 amide bonds. The molecule has 1 fully saturated rings. The van der Waals surface area contributed by atoms with Gasteiger partial charge in [-0.05, 0) is 51.3 Å². The van der Waals surface area contributed by atoms with Crippen molar-refractivity contribution >= 4 is 5.96 Å². The zero-order chi connectivity index (χ0) is 16.7. The number of benzene rings is 1. The molecule has 0 bridgehead atoms. The summed E-state index contributed by atoms with van der Waals surface area (Å²) >= 11 is 0. The molecule has 0 aliphatic carbocycles. The molecule has 1 aliphatic rings. The Labute approximate surface area is 141 Å². The van der Waals surface area contributed by atoms with Crippen molar-refractivity contribution in [1.29, 1.82) is 0 Å². The quantitative estimate of drug-likeness (QED) is 0.647. The van der Waals surface area contributed by atoms with Gasteiger partial charge in [0.05, 0.1) is 0 Å². The molecule has 2 N–H and O–H groups in total. The topological polar surface area (TPSA) is 39.7 Å². The molecule has 1 saturated heterocycles. The first-order valence-electron chi connectivity index (χ1n) is 8.87. The van der Waals surface area contributed by atoms with E-state index in [9.17, 15) is 0 Å². The highest BCUT2D eigenvalue weighted by Gasteiger charge is 2.17. The number of nitrogens with zero attached hydrogens (tertiary/aromatic N) is 2. The van der Waals surface area contributed by atoms with Crippen LogP contribution in [0.4, 0.5) is 0 Å². The molecule has 0 spiro atoms. The van der Waals surface area contributed by atoms with Crippen LogP contribution in [0.5, 0.6) is 0 Å². The molecule has 1 aromatic rings. The molecule has 4 heteroatoms. The van der Waals surface area contributed by atoms with Crippen LogP contribution in [0.3, 0.4) is 0 Å². The number of likely N-dealkylation sites (tertiary alicyclic amines) is 1. The average molecular weight is 316 g/mol. The largest absolute Gasteiger partial charge is 0.354 e. The summed E-state index contributed by atoms with van der Waals surface area (Å²) in [5.41, 5.74) is 2.69. The first kappa shape index (κ1) is 17.8. The third-order valence-electron chi connectivity index (χ3n) is 4.46. The molecule has 1 aliphatic heterocycles. The highest BCUT2D eigenvalue weighted by molar-refractivity contribution is 5.79. The van der Waals surface area contributed by atoms with Crippen LogP contribution < -0.4 is 10.6 Å². The van der Waals surface area contributed by atoms with Gasteiger partial charge in [-0.1, -0.05) is 30.7 Å². The minimum atomic E-state index is 0.384. The predicted molar refractivity (Wildman–Crippen MR) is 98.6 cm³/mol. The van der Waals surface area contributed by atoms with E-state index < -0.39 is 0 Å². The van der Waals surface area contributed by atoms with Crippen molar-refractivity contribution in [3.05, 3.63) is 35.4 Å². The minimum Gasteiger partial charge on any atom is -0.354 e. The smallest absolute Gasteiger partial charge is 0.191 e. The van der Waals surface area contributed by atoms with Gasteiger partial charge in [0, 0.05) is 32.2 Å². The summed E-state index contributed by atoms with van der Waals surface area (Å²) in [6.45, 7) is 9.69. The Morgan fingerprint density at radius 1 is 1.22 bits per heavy atom. The van der Waals surface area contributed by atoms with E-state index in [1.807, 2.05) is 0 Å². The van der Waals surface area contributed by atoms with Crippen molar-refractivity contribution in [1.82, 2.24) is 15.5 Å². The third-order valence-corrected chi connectivity index (χ3v) is 4.46. The summed E-state index contributed by atoms with van der Waals surface area (Å²) in [6, 6.07) is 10.1. The maximum atomic E-state index is 4.23. The summed E-state index contributed by atoms with van der Waals surface area (Å²) in [7, 11) is 1.81. The van der Waals surface area contributed by atoms with Gasteiger partial charge in [-0.3, -0.25) is 9.89 Å². The monoisotopic (exact) mass is 316 g/mol. The van der Waals surface area contributed by atoms with Gasteiger partial charge in [0.1, 0.15) is 0 Å². The van der Waals surface area contributed by atoms with Crippen LogP contribution in [0.1, 0.15) is 51.2 Å². The first-order valence-corrected chi connectivity index (χ1v) is 8.87. The Hall–Kier alpha value is -1.55. The highest BCUT2D eigenvalue weighted by Crippen LogP contribution is 2.19. The molecule has 1 atom stereocenters. The summed E-state index contributed by atoms with van der Waals surface area (Å²) in [5, 5.41) is 6.66. The SMILES string of the molecule is CN=C(NCc1ccc(CN2CCCCC2C)cc1)NC(C)C. The van der Waals surface area contributed by atoms with E-state index in [2.05, 4.69) is 65.6 Å². The maximum Gasteiger partial charge on any atom is 0.191 e. The molecule has 4 nitrogen and oxygen atoms in total. The van der Waals surface area contributed by atoms with Gasteiger partial charge < -0.3 is 10.6 Å². The molecule has 23 heavy (non-hydrogen) atoms. The van der Waals surface area contributed by atoms with E-state index >= 15 is 0 Å². The Morgan fingerprint density at radius 3 is 2.52 bits per heavy atom. The second kappa shape index (κ2) is 8.92. The Balaban J connectivity index is 1.84. The first-order chi connectivity index (χ1) is 11.1. The van der Waals surface area contributed by atoms with Gasteiger partial charge >= 0.3 is 0 Å². The lowest BCUT2D eigenvalue weighted by Crippen LogP contribution is -2.40. The van der Waals surface area contributed by atoms with Crippen LogP contribution in [0, 0.1) is 0 Å². The molecular weight excluding hydrogens is 284 g/mol. The second-order valence-corrected chi connectivity index (χ2v) is 6.86. The van der Waals surface area contributed by atoms with Crippen molar-refractivity contribution in [2.24, 2.45) is 4.99 Å². The summed E-state index contributed by atoms with van der Waals surface area (Å²) in [5.74, 6) is 0.853. The molecule has 1 unspecified atom stereocenters. The lowest BCUT2D eigenvalue weighted by molar-refractivity contribution is 0.152. The minimum absolute atomic E-state index is 0.384. The van der Waals surface area contributed by atoms with Crippen molar-refractivity contribution in [2.45, 2.75) is 65.2 Å². The van der Waals surface area contributed by atoms with E-state index in [0.29, 0.717) is 6.04 Å². The number of hydrogen-bond acceptors (Lipinski definition) is 2. The third kappa shape index (κ3) is 5.87. The van der Waals surface area contributed by atoms with Crippen LogP contribution in [0.15, 0.2) is 29.3 Å². The molecule has 0 aromatic heterocycles. The number of rotatable bonds is 5. The predicted octanol–water partition coefficient (Wildman–Crippen LogP) is 3.13. The van der Waals surface area contributed by atoms with Gasteiger partial charge in [0.2, 0.25) is 0 Å². The van der Waals surface area contributed by atoms with Crippen LogP contribution in [-0.2, 0) is 13.1 Å². The van der Waals surface area contributed by atoms with Gasteiger partial charge in [0.25, 0.3) is 0 Å². The van der Waals surface area contributed by atoms with Crippen LogP contribution in [0.25, 0.3) is 0 Å². The Bertz CT molecular complexity index is 493. The fourth-order valence-corrected chi connectivity index (χ4v) is 3.04. The number of aliphatic imine (C=N–C) groups is 1. The second-order valence-electron chi connectivity index (χ2n) is 6.86. The Kier molecular flexibility index (Phi) is 6.90. The van der Waals surface area contributed by atoms with Crippen molar-refractivity contribution in [3.8, 4) is 0 Å².